The molecule has 1 aromatic heterocycles. The Bertz CT molecular complexity index is 453. The van der Waals surface area contributed by atoms with E-state index in [0.717, 1.165) is 17.3 Å². The molecule has 0 atom stereocenters. The Balaban J connectivity index is 1.99. The maximum Gasteiger partial charge on any atom is 0.130 e. The van der Waals surface area contributed by atoms with E-state index in [2.05, 4.69) is 9.97 Å². The molecule has 2 aromatic rings. The average Bonchev–Trinajstić information content (AvgIpc) is 2.62. The molecular formula is C11H11ClN2O. The molecule has 0 saturated carbocycles. The van der Waals surface area contributed by atoms with Crippen molar-refractivity contribution in [3.05, 3.63) is 47.0 Å². The molecule has 1 aromatic carbocycles. The molecule has 0 bridgehead atoms. The van der Waals surface area contributed by atoms with Gasteiger partial charge in [-0.1, -0.05) is 17.7 Å². The maximum atomic E-state index is 5.83. The lowest BCUT2D eigenvalue weighted by atomic mass is 10.3. The SMILES string of the molecule is Cc1ncc(COc2cccc(Cl)c2)[nH]1. The van der Waals surface area contributed by atoms with Gasteiger partial charge in [-0.25, -0.2) is 4.98 Å². The van der Waals surface area contributed by atoms with Gasteiger partial charge < -0.3 is 9.72 Å². The smallest absolute Gasteiger partial charge is 0.130 e. The molecule has 0 fully saturated rings. The van der Waals surface area contributed by atoms with Crippen LogP contribution in [0.1, 0.15) is 11.5 Å². The summed E-state index contributed by atoms with van der Waals surface area (Å²) in [5, 5.41) is 0.674. The molecular weight excluding hydrogens is 212 g/mol. The van der Waals surface area contributed by atoms with E-state index in [-0.39, 0.29) is 0 Å². The predicted molar refractivity (Wildman–Crippen MR) is 59.1 cm³/mol. The maximum absolute atomic E-state index is 5.83. The normalized spacial score (nSPS) is 10.3. The summed E-state index contributed by atoms with van der Waals surface area (Å²) >= 11 is 5.83. The van der Waals surface area contributed by atoms with Gasteiger partial charge in [-0.2, -0.15) is 0 Å². The number of rotatable bonds is 3. The number of imidazole rings is 1. The molecule has 1 heterocycles. The minimum Gasteiger partial charge on any atom is -0.487 e. The van der Waals surface area contributed by atoms with Crippen LogP contribution in [0.5, 0.6) is 5.75 Å². The number of halogens is 1. The Morgan fingerprint density at radius 3 is 3.00 bits per heavy atom. The third kappa shape index (κ3) is 2.73. The molecule has 0 aliphatic rings. The monoisotopic (exact) mass is 222 g/mol. The van der Waals surface area contributed by atoms with Crippen LogP contribution >= 0.6 is 11.6 Å². The van der Waals surface area contributed by atoms with Crippen molar-refractivity contribution in [3.63, 3.8) is 0 Å². The highest BCUT2D eigenvalue weighted by atomic mass is 35.5. The fraction of sp³-hybridized carbons (Fsp3) is 0.182. The lowest BCUT2D eigenvalue weighted by Gasteiger charge is -2.04. The summed E-state index contributed by atoms with van der Waals surface area (Å²) in [6.45, 7) is 2.38. The number of hydrogen-bond acceptors (Lipinski definition) is 2. The van der Waals surface area contributed by atoms with Gasteiger partial charge in [0, 0.05) is 5.02 Å². The minimum atomic E-state index is 0.473. The standard InChI is InChI=1S/C11H11ClN2O/c1-8-13-6-10(14-8)7-15-11-4-2-3-9(12)5-11/h2-6H,7H2,1H3,(H,13,14). The van der Waals surface area contributed by atoms with Crippen molar-refractivity contribution in [2.45, 2.75) is 13.5 Å². The van der Waals surface area contributed by atoms with Crippen molar-refractivity contribution in [2.24, 2.45) is 0 Å². The van der Waals surface area contributed by atoms with Crippen LogP contribution in [0, 0.1) is 6.92 Å². The first-order valence-corrected chi connectivity index (χ1v) is 5.01. The fourth-order valence-corrected chi connectivity index (χ4v) is 1.44. The third-order valence-corrected chi connectivity index (χ3v) is 2.18. The first kappa shape index (κ1) is 10.1. The average molecular weight is 223 g/mol. The second-order valence-corrected chi connectivity index (χ2v) is 3.68. The zero-order valence-corrected chi connectivity index (χ0v) is 9.08. The van der Waals surface area contributed by atoms with Crippen LogP contribution in [0.2, 0.25) is 5.02 Å². The van der Waals surface area contributed by atoms with E-state index in [1.54, 1.807) is 12.3 Å². The van der Waals surface area contributed by atoms with Crippen molar-refractivity contribution in [1.29, 1.82) is 0 Å². The number of ether oxygens (including phenoxy) is 1. The highest BCUT2D eigenvalue weighted by Gasteiger charge is 1.98. The number of hydrogen-bond donors (Lipinski definition) is 1. The van der Waals surface area contributed by atoms with E-state index in [0.29, 0.717) is 11.6 Å². The zero-order valence-electron chi connectivity index (χ0n) is 8.33. The molecule has 0 aliphatic heterocycles. The van der Waals surface area contributed by atoms with Gasteiger partial charge in [-0.3, -0.25) is 0 Å². The molecule has 78 valence electrons. The van der Waals surface area contributed by atoms with Crippen LogP contribution in [-0.4, -0.2) is 9.97 Å². The summed E-state index contributed by atoms with van der Waals surface area (Å²) in [7, 11) is 0. The molecule has 0 radical (unpaired) electrons. The molecule has 0 amide bonds. The van der Waals surface area contributed by atoms with Crippen molar-refractivity contribution < 1.29 is 4.74 Å². The Hall–Kier alpha value is -1.48. The molecule has 0 aliphatic carbocycles. The first-order valence-electron chi connectivity index (χ1n) is 4.63. The van der Waals surface area contributed by atoms with E-state index >= 15 is 0 Å². The Kier molecular flexibility index (Phi) is 2.92. The number of nitrogens with zero attached hydrogens (tertiary/aromatic N) is 1. The van der Waals surface area contributed by atoms with Crippen molar-refractivity contribution in [1.82, 2.24) is 9.97 Å². The Morgan fingerprint density at radius 2 is 2.33 bits per heavy atom. The number of aryl methyl sites for hydroxylation is 1. The molecule has 15 heavy (non-hydrogen) atoms. The fourth-order valence-electron chi connectivity index (χ4n) is 1.26. The van der Waals surface area contributed by atoms with Gasteiger partial charge in [-0.15, -0.1) is 0 Å². The summed E-state index contributed by atoms with van der Waals surface area (Å²) in [4.78, 5) is 7.18. The number of benzene rings is 1. The second kappa shape index (κ2) is 4.36. The largest absolute Gasteiger partial charge is 0.487 e. The van der Waals surface area contributed by atoms with Crippen molar-refractivity contribution >= 4 is 11.6 Å². The minimum absolute atomic E-state index is 0.473. The van der Waals surface area contributed by atoms with Crippen LogP contribution in [-0.2, 0) is 6.61 Å². The predicted octanol–water partition coefficient (Wildman–Crippen LogP) is 2.95. The summed E-state index contributed by atoms with van der Waals surface area (Å²) < 4.78 is 5.53. The summed E-state index contributed by atoms with van der Waals surface area (Å²) in [5.41, 5.74) is 0.951. The van der Waals surface area contributed by atoms with E-state index in [1.165, 1.54) is 0 Å². The van der Waals surface area contributed by atoms with Gasteiger partial charge in [-0.05, 0) is 25.1 Å². The lowest BCUT2D eigenvalue weighted by Crippen LogP contribution is -1.95. The van der Waals surface area contributed by atoms with Gasteiger partial charge in [0.05, 0.1) is 11.9 Å². The van der Waals surface area contributed by atoms with Gasteiger partial charge in [0.1, 0.15) is 18.2 Å². The lowest BCUT2D eigenvalue weighted by molar-refractivity contribution is 0.302. The van der Waals surface area contributed by atoms with E-state index in [1.807, 2.05) is 25.1 Å². The molecule has 3 nitrogen and oxygen atoms in total. The van der Waals surface area contributed by atoms with Crippen molar-refractivity contribution in [2.75, 3.05) is 0 Å². The quantitative estimate of drug-likeness (QED) is 0.867. The van der Waals surface area contributed by atoms with Crippen molar-refractivity contribution in [3.8, 4) is 5.75 Å². The van der Waals surface area contributed by atoms with Gasteiger partial charge >= 0.3 is 0 Å². The summed E-state index contributed by atoms with van der Waals surface area (Å²) in [6.07, 6.45) is 1.76. The van der Waals surface area contributed by atoms with Crippen LogP contribution in [0.3, 0.4) is 0 Å². The molecule has 1 N–H and O–H groups in total. The van der Waals surface area contributed by atoms with Gasteiger partial charge in [0.2, 0.25) is 0 Å². The zero-order chi connectivity index (χ0) is 10.7. The van der Waals surface area contributed by atoms with Crippen LogP contribution < -0.4 is 4.74 Å². The molecule has 0 unspecified atom stereocenters. The van der Waals surface area contributed by atoms with Gasteiger partial charge in [0.15, 0.2) is 0 Å². The Morgan fingerprint density at radius 1 is 1.47 bits per heavy atom. The number of aromatic amines is 1. The van der Waals surface area contributed by atoms with E-state index < -0.39 is 0 Å². The number of aromatic nitrogens is 2. The molecule has 0 saturated heterocycles. The van der Waals surface area contributed by atoms with Crippen LogP contribution in [0.25, 0.3) is 0 Å². The summed E-state index contributed by atoms with van der Waals surface area (Å²) in [5.74, 6) is 1.65. The van der Waals surface area contributed by atoms with Crippen LogP contribution in [0.15, 0.2) is 30.5 Å². The molecule has 0 spiro atoms. The molecule has 4 heteroatoms. The second-order valence-electron chi connectivity index (χ2n) is 3.24. The highest BCUT2D eigenvalue weighted by molar-refractivity contribution is 6.30. The summed E-state index contributed by atoms with van der Waals surface area (Å²) in [6, 6.07) is 7.32. The Labute approximate surface area is 93.1 Å². The first-order chi connectivity index (χ1) is 7.24. The van der Waals surface area contributed by atoms with E-state index in [4.69, 9.17) is 16.3 Å². The van der Waals surface area contributed by atoms with E-state index in [9.17, 15) is 0 Å². The number of nitrogens with one attached hydrogen (secondary N) is 1. The molecule has 2 rings (SSSR count). The third-order valence-electron chi connectivity index (χ3n) is 1.95. The highest BCUT2D eigenvalue weighted by Crippen LogP contribution is 2.17. The van der Waals surface area contributed by atoms with Gasteiger partial charge in [0.25, 0.3) is 0 Å². The topological polar surface area (TPSA) is 37.9 Å². The number of H-pyrrole nitrogens is 1. The van der Waals surface area contributed by atoms with Crippen LogP contribution in [0.4, 0.5) is 0 Å².